The molecule has 0 bridgehead atoms. The summed E-state index contributed by atoms with van der Waals surface area (Å²) in [6.45, 7) is 3.57. The zero-order chi connectivity index (χ0) is 34.7. The SMILES string of the molecule is CCCC/C=C/C/C=C/CCCCCCCC(=O)OC[C@H](COP(=O)(O)O)OC(=O)CCCCCCC/C=C/C/C=C/CCCCC. The molecule has 272 valence electrons. The van der Waals surface area contributed by atoms with E-state index in [1.54, 1.807) is 0 Å². The van der Waals surface area contributed by atoms with Gasteiger partial charge in [0.2, 0.25) is 0 Å². The van der Waals surface area contributed by atoms with Crippen LogP contribution in [0.25, 0.3) is 0 Å². The number of hydrogen-bond acceptors (Lipinski definition) is 6. The Kier molecular flexibility index (Phi) is 32.5. The molecule has 0 aromatic carbocycles. The third-order valence-electron chi connectivity index (χ3n) is 7.57. The van der Waals surface area contributed by atoms with Crippen LogP contribution < -0.4 is 0 Å². The number of phosphoric acid groups is 1. The van der Waals surface area contributed by atoms with Crippen molar-refractivity contribution in [2.45, 2.75) is 168 Å². The van der Waals surface area contributed by atoms with E-state index in [1.807, 2.05) is 0 Å². The lowest BCUT2D eigenvalue weighted by Crippen LogP contribution is -2.29. The van der Waals surface area contributed by atoms with E-state index in [-0.39, 0.29) is 19.4 Å². The number of carbonyl (C=O) groups is 2. The Bertz CT molecular complexity index is 905. The van der Waals surface area contributed by atoms with Gasteiger partial charge in [-0.2, -0.15) is 0 Å². The van der Waals surface area contributed by atoms with Crippen LogP contribution in [0, 0.1) is 0 Å². The number of unbranched alkanes of at least 4 members (excludes halogenated alkanes) is 15. The smallest absolute Gasteiger partial charge is 0.462 e. The molecule has 1 atom stereocenters. The molecule has 0 saturated carbocycles. The monoisotopic (exact) mass is 682 g/mol. The van der Waals surface area contributed by atoms with Gasteiger partial charge in [0.25, 0.3) is 0 Å². The van der Waals surface area contributed by atoms with Crippen molar-refractivity contribution >= 4 is 19.8 Å². The van der Waals surface area contributed by atoms with Gasteiger partial charge in [0.1, 0.15) is 6.61 Å². The van der Waals surface area contributed by atoms with Crippen molar-refractivity contribution in [2.24, 2.45) is 0 Å². The van der Waals surface area contributed by atoms with Gasteiger partial charge >= 0.3 is 19.8 Å². The van der Waals surface area contributed by atoms with Crippen molar-refractivity contribution in [3.8, 4) is 0 Å². The van der Waals surface area contributed by atoms with Gasteiger partial charge in [-0.15, -0.1) is 0 Å². The maximum atomic E-state index is 12.3. The lowest BCUT2D eigenvalue weighted by molar-refractivity contribution is -0.161. The highest BCUT2D eigenvalue weighted by molar-refractivity contribution is 7.46. The van der Waals surface area contributed by atoms with Gasteiger partial charge < -0.3 is 19.3 Å². The molecule has 0 rings (SSSR count). The number of phosphoric ester groups is 1. The molecule has 0 fully saturated rings. The summed E-state index contributed by atoms with van der Waals surface area (Å²) in [5.41, 5.74) is 0. The Morgan fingerprint density at radius 3 is 1.47 bits per heavy atom. The minimum Gasteiger partial charge on any atom is -0.462 e. The van der Waals surface area contributed by atoms with Gasteiger partial charge in [-0.1, -0.05) is 127 Å². The second-order valence-electron chi connectivity index (χ2n) is 12.2. The van der Waals surface area contributed by atoms with Crippen LogP contribution in [0.1, 0.15) is 162 Å². The molecule has 0 radical (unpaired) electrons. The lowest BCUT2D eigenvalue weighted by Gasteiger charge is -2.18. The average molecular weight is 683 g/mol. The Hall–Kier alpha value is -1.99. The zero-order valence-electron chi connectivity index (χ0n) is 29.7. The summed E-state index contributed by atoms with van der Waals surface area (Å²) in [4.78, 5) is 42.6. The summed E-state index contributed by atoms with van der Waals surface area (Å²) in [5, 5.41) is 0. The molecule has 0 unspecified atom stereocenters. The fourth-order valence-electron chi connectivity index (χ4n) is 4.77. The summed E-state index contributed by atoms with van der Waals surface area (Å²) >= 11 is 0. The van der Waals surface area contributed by atoms with E-state index in [1.165, 1.54) is 38.5 Å². The molecule has 0 aliphatic rings. The van der Waals surface area contributed by atoms with Crippen molar-refractivity contribution in [1.82, 2.24) is 0 Å². The standard InChI is InChI=1S/C38H67O8P/c1-3-5-7-9-11-13-15-17-19-21-23-25-27-29-31-33-38(40)46-36(35-45-47(41,42)43)34-44-37(39)32-30-28-26-24-22-20-18-16-14-12-10-8-6-4-2/h10-13,16-19,36H,3-9,14-15,20-35H2,1-2H3,(H2,41,42,43)/b12-10+,13-11+,18-16+,19-17+/t36-/m1/s1. The van der Waals surface area contributed by atoms with Crippen LogP contribution in [0.15, 0.2) is 48.6 Å². The van der Waals surface area contributed by atoms with Crippen molar-refractivity contribution in [2.75, 3.05) is 13.2 Å². The molecule has 0 spiro atoms. The van der Waals surface area contributed by atoms with E-state index in [2.05, 4.69) is 67.0 Å². The fraction of sp³-hybridized carbons (Fsp3) is 0.737. The Balaban J connectivity index is 4.04. The third-order valence-corrected chi connectivity index (χ3v) is 8.06. The van der Waals surface area contributed by atoms with Crippen LogP contribution in [0.4, 0.5) is 0 Å². The summed E-state index contributed by atoms with van der Waals surface area (Å²) in [7, 11) is -4.76. The van der Waals surface area contributed by atoms with Gasteiger partial charge in [-0.3, -0.25) is 14.1 Å². The molecule has 0 heterocycles. The highest BCUT2D eigenvalue weighted by Crippen LogP contribution is 2.36. The van der Waals surface area contributed by atoms with Crippen molar-refractivity contribution in [3.63, 3.8) is 0 Å². The van der Waals surface area contributed by atoms with Gasteiger partial charge in [-0.05, 0) is 70.6 Å². The van der Waals surface area contributed by atoms with Crippen LogP contribution in [-0.4, -0.2) is 41.0 Å². The Morgan fingerprint density at radius 2 is 0.979 bits per heavy atom. The molecular weight excluding hydrogens is 615 g/mol. The molecule has 0 aromatic heterocycles. The molecule has 0 saturated heterocycles. The third kappa shape index (κ3) is 36.7. The molecule has 8 nitrogen and oxygen atoms in total. The number of hydrogen-bond donors (Lipinski definition) is 2. The van der Waals surface area contributed by atoms with Crippen LogP contribution in [-0.2, 0) is 28.2 Å². The second-order valence-corrected chi connectivity index (χ2v) is 13.4. The largest absolute Gasteiger partial charge is 0.469 e. The van der Waals surface area contributed by atoms with Gasteiger partial charge in [0, 0.05) is 12.8 Å². The molecule has 47 heavy (non-hydrogen) atoms. The maximum Gasteiger partial charge on any atom is 0.469 e. The fourth-order valence-corrected chi connectivity index (χ4v) is 5.13. The molecule has 0 amide bonds. The van der Waals surface area contributed by atoms with E-state index in [0.717, 1.165) is 83.5 Å². The van der Waals surface area contributed by atoms with E-state index in [4.69, 9.17) is 19.3 Å². The quantitative estimate of drug-likeness (QED) is 0.0304. The topological polar surface area (TPSA) is 119 Å². The van der Waals surface area contributed by atoms with Crippen LogP contribution in [0.3, 0.4) is 0 Å². The molecular formula is C38H67O8P. The molecule has 0 aromatic rings. The van der Waals surface area contributed by atoms with Crippen LogP contribution in [0.5, 0.6) is 0 Å². The summed E-state index contributed by atoms with van der Waals surface area (Å²) in [6.07, 6.45) is 39.7. The molecule has 2 N–H and O–H groups in total. The predicted molar refractivity (Wildman–Crippen MR) is 193 cm³/mol. The Morgan fingerprint density at radius 1 is 0.553 bits per heavy atom. The minimum atomic E-state index is -4.76. The van der Waals surface area contributed by atoms with Crippen molar-refractivity contribution in [3.05, 3.63) is 48.6 Å². The first-order valence-electron chi connectivity index (χ1n) is 18.4. The second kappa shape index (κ2) is 33.9. The maximum absolute atomic E-state index is 12.3. The highest BCUT2D eigenvalue weighted by Gasteiger charge is 2.22. The van der Waals surface area contributed by atoms with Crippen molar-refractivity contribution < 1.29 is 37.9 Å². The van der Waals surface area contributed by atoms with Gasteiger partial charge in [0.15, 0.2) is 6.10 Å². The van der Waals surface area contributed by atoms with Crippen LogP contribution in [0.2, 0.25) is 0 Å². The molecule has 0 aliphatic carbocycles. The normalized spacial score (nSPS) is 13.0. The first-order chi connectivity index (χ1) is 22.8. The average Bonchev–Trinajstić information content (AvgIpc) is 3.03. The number of esters is 2. The Labute approximate surface area is 286 Å². The number of carbonyl (C=O) groups excluding carboxylic acids is 2. The summed E-state index contributed by atoms with van der Waals surface area (Å²) in [5.74, 6) is -0.921. The van der Waals surface area contributed by atoms with E-state index >= 15 is 0 Å². The molecule has 9 heteroatoms. The predicted octanol–water partition coefficient (Wildman–Crippen LogP) is 10.8. The van der Waals surface area contributed by atoms with E-state index in [9.17, 15) is 14.2 Å². The summed E-state index contributed by atoms with van der Waals surface area (Å²) < 4.78 is 26.3. The molecule has 0 aliphatic heterocycles. The number of rotatable bonds is 33. The van der Waals surface area contributed by atoms with Gasteiger partial charge in [0.05, 0.1) is 6.61 Å². The van der Waals surface area contributed by atoms with E-state index < -0.39 is 32.5 Å². The number of ether oxygens (including phenoxy) is 2. The summed E-state index contributed by atoms with van der Waals surface area (Å²) in [6, 6.07) is 0. The minimum absolute atomic E-state index is 0.191. The zero-order valence-corrected chi connectivity index (χ0v) is 30.6. The van der Waals surface area contributed by atoms with Crippen LogP contribution >= 0.6 is 7.82 Å². The highest BCUT2D eigenvalue weighted by atomic mass is 31.2. The van der Waals surface area contributed by atoms with E-state index in [0.29, 0.717) is 12.8 Å². The number of allylic oxidation sites excluding steroid dienone is 8. The van der Waals surface area contributed by atoms with Crippen molar-refractivity contribution in [1.29, 1.82) is 0 Å². The first kappa shape index (κ1) is 45.0. The lowest BCUT2D eigenvalue weighted by atomic mass is 10.1. The van der Waals surface area contributed by atoms with Gasteiger partial charge in [-0.25, -0.2) is 4.57 Å². The first-order valence-corrected chi connectivity index (χ1v) is 20.0.